The fourth-order valence-electron chi connectivity index (χ4n) is 4.00. The molecule has 4 rings (SSSR count). The highest BCUT2D eigenvalue weighted by Gasteiger charge is 2.37. The third-order valence-electron chi connectivity index (χ3n) is 5.16. The van der Waals surface area contributed by atoms with Crippen LogP contribution in [0.2, 0.25) is 0 Å². The second-order valence-electron chi connectivity index (χ2n) is 7.24. The number of ether oxygens (including phenoxy) is 3. The van der Waals surface area contributed by atoms with Crippen LogP contribution in [-0.4, -0.2) is 30.7 Å². The van der Waals surface area contributed by atoms with Crippen molar-refractivity contribution in [1.82, 2.24) is 0 Å². The standard InChI is InChI=1S/C21H22O5/c1-21(23)10-13-8-7-12(9-15(13)16(22)11-21)19-18-14(20(25-3)26-19)5-4-6-17(18)24-2/h4-9,19-20,23H,10-11H2,1-3H3/t19?,20?,21-/m1/s1. The summed E-state index contributed by atoms with van der Waals surface area (Å²) in [5, 5.41) is 10.3. The normalized spacial score (nSPS) is 27.2. The summed E-state index contributed by atoms with van der Waals surface area (Å²) in [5.74, 6) is 0.693. The molecule has 2 unspecified atom stereocenters. The van der Waals surface area contributed by atoms with E-state index in [1.807, 2.05) is 36.4 Å². The summed E-state index contributed by atoms with van der Waals surface area (Å²) in [7, 11) is 3.24. The van der Waals surface area contributed by atoms with Crippen molar-refractivity contribution in [3.8, 4) is 5.75 Å². The predicted octanol–water partition coefficient (Wildman–Crippen LogP) is 3.34. The Hall–Kier alpha value is -2.21. The minimum atomic E-state index is -0.980. The van der Waals surface area contributed by atoms with Crippen LogP contribution in [0.3, 0.4) is 0 Å². The van der Waals surface area contributed by atoms with Crippen LogP contribution in [0.1, 0.15) is 58.4 Å². The molecule has 2 aromatic carbocycles. The average Bonchev–Trinajstić information content (AvgIpc) is 2.99. The van der Waals surface area contributed by atoms with Gasteiger partial charge in [0.2, 0.25) is 0 Å². The fraction of sp³-hybridized carbons (Fsp3) is 0.381. The summed E-state index contributed by atoms with van der Waals surface area (Å²) >= 11 is 0. The predicted molar refractivity (Wildman–Crippen MR) is 95.4 cm³/mol. The lowest BCUT2D eigenvalue weighted by molar-refractivity contribution is -0.132. The molecule has 5 nitrogen and oxygen atoms in total. The van der Waals surface area contributed by atoms with Crippen LogP contribution < -0.4 is 4.74 Å². The van der Waals surface area contributed by atoms with Crippen molar-refractivity contribution in [1.29, 1.82) is 0 Å². The smallest absolute Gasteiger partial charge is 0.185 e. The van der Waals surface area contributed by atoms with Gasteiger partial charge in [-0.05, 0) is 30.2 Å². The molecule has 0 fully saturated rings. The second kappa shape index (κ2) is 6.20. The molecule has 0 saturated heterocycles. The quantitative estimate of drug-likeness (QED) is 0.916. The first-order valence-corrected chi connectivity index (χ1v) is 8.67. The van der Waals surface area contributed by atoms with Crippen molar-refractivity contribution < 1.29 is 24.1 Å². The first kappa shape index (κ1) is 17.2. The van der Waals surface area contributed by atoms with Crippen molar-refractivity contribution in [3.63, 3.8) is 0 Å². The van der Waals surface area contributed by atoms with Gasteiger partial charge in [0.15, 0.2) is 12.1 Å². The Morgan fingerprint density at radius 2 is 2.00 bits per heavy atom. The zero-order valence-corrected chi connectivity index (χ0v) is 15.1. The molecule has 0 bridgehead atoms. The van der Waals surface area contributed by atoms with Crippen molar-refractivity contribution >= 4 is 5.78 Å². The lowest BCUT2D eigenvalue weighted by Crippen LogP contribution is -2.35. The Morgan fingerprint density at radius 3 is 2.73 bits per heavy atom. The van der Waals surface area contributed by atoms with Gasteiger partial charge in [0.05, 0.1) is 12.7 Å². The number of methoxy groups -OCH3 is 2. The molecule has 5 heteroatoms. The highest BCUT2D eigenvalue weighted by atomic mass is 16.7. The molecular weight excluding hydrogens is 332 g/mol. The third-order valence-corrected chi connectivity index (χ3v) is 5.16. The largest absolute Gasteiger partial charge is 0.496 e. The lowest BCUT2D eigenvalue weighted by atomic mass is 9.79. The van der Waals surface area contributed by atoms with Gasteiger partial charge < -0.3 is 19.3 Å². The number of rotatable bonds is 3. The van der Waals surface area contributed by atoms with Gasteiger partial charge in [0.25, 0.3) is 0 Å². The molecule has 2 aromatic rings. The molecule has 0 amide bonds. The van der Waals surface area contributed by atoms with Gasteiger partial charge in [-0.25, -0.2) is 0 Å². The number of benzene rings is 2. The summed E-state index contributed by atoms with van der Waals surface area (Å²) in [4.78, 5) is 12.5. The van der Waals surface area contributed by atoms with Crippen molar-refractivity contribution in [2.75, 3.05) is 14.2 Å². The van der Waals surface area contributed by atoms with Crippen LogP contribution in [0.4, 0.5) is 0 Å². The Morgan fingerprint density at radius 1 is 1.19 bits per heavy atom. The maximum atomic E-state index is 12.5. The maximum Gasteiger partial charge on any atom is 0.185 e. The number of Topliss-reactive ketones (excluding diaryl/α,β-unsaturated/α-hetero) is 1. The Labute approximate surface area is 152 Å². The molecule has 0 spiro atoms. The van der Waals surface area contributed by atoms with E-state index in [2.05, 4.69) is 0 Å². The molecule has 2 aliphatic rings. The van der Waals surface area contributed by atoms with E-state index in [1.165, 1.54) is 0 Å². The Balaban J connectivity index is 1.79. The summed E-state index contributed by atoms with van der Waals surface area (Å²) in [6, 6.07) is 11.5. The van der Waals surface area contributed by atoms with E-state index < -0.39 is 11.9 Å². The Bertz CT molecular complexity index is 871. The van der Waals surface area contributed by atoms with E-state index in [0.29, 0.717) is 12.0 Å². The molecule has 26 heavy (non-hydrogen) atoms. The van der Waals surface area contributed by atoms with E-state index in [4.69, 9.17) is 14.2 Å². The highest BCUT2D eigenvalue weighted by molar-refractivity contribution is 5.99. The zero-order chi connectivity index (χ0) is 18.5. The van der Waals surface area contributed by atoms with Gasteiger partial charge in [0, 0.05) is 36.6 Å². The van der Waals surface area contributed by atoms with Gasteiger partial charge in [0.1, 0.15) is 11.9 Å². The first-order chi connectivity index (χ1) is 12.4. The summed E-state index contributed by atoms with van der Waals surface area (Å²) in [6.45, 7) is 1.70. The molecule has 1 N–H and O–H groups in total. The van der Waals surface area contributed by atoms with Gasteiger partial charge in [-0.3, -0.25) is 4.79 Å². The van der Waals surface area contributed by atoms with Gasteiger partial charge in [-0.1, -0.05) is 24.3 Å². The monoisotopic (exact) mass is 354 g/mol. The summed E-state index contributed by atoms with van der Waals surface area (Å²) in [5.41, 5.74) is 3.29. The number of carbonyl (C=O) groups is 1. The molecule has 1 aliphatic heterocycles. The molecule has 1 heterocycles. The van der Waals surface area contributed by atoms with E-state index in [-0.39, 0.29) is 18.3 Å². The fourth-order valence-corrected chi connectivity index (χ4v) is 4.00. The number of carbonyl (C=O) groups excluding carboxylic acids is 1. The van der Waals surface area contributed by atoms with Crippen molar-refractivity contribution in [2.45, 2.75) is 37.8 Å². The SMILES string of the molecule is COc1cccc2c1C(c1ccc3c(c1)C(=O)C[C@](C)(O)C3)OC2OC. The molecule has 0 aromatic heterocycles. The number of aliphatic hydroxyl groups is 1. The van der Waals surface area contributed by atoms with Crippen LogP contribution in [0.5, 0.6) is 5.75 Å². The minimum absolute atomic E-state index is 0.0420. The van der Waals surface area contributed by atoms with E-state index in [9.17, 15) is 9.90 Å². The molecular formula is C21H22O5. The average molecular weight is 354 g/mol. The molecule has 1 aliphatic carbocycles. The number of fused-ring (bicyclic) bond motifs is 2. The second-order valence-corrected chi connectivity index (χ2v) is 7.24. The Kier molecular flexibility index (Phi) is 4.10. The third kappa shape index (κ3) is 2.72. The number of hydrogen-bond acceptors (Lipinski definition) is 5. The highest BCUT2D eigenvalue weighted by Crippen LogP contribution is 2.47. The van der Waals surface area contributed by atoms with Crippen LogP contribution in [-0.2, 0) is 15.9 Å². The number of ketones is 1. The lowest BCUT2D eigenvalue weighted by Gasteiger charge is -2.29. The minimum Gasteiger partial charge on any atom is -0.496 e. The van der Waals surface area contributed by atoms with Crippen molar-refractivity contribution in [2.24, 2.45) is 0 Å². The molecule has 0 saturated carbocycles. The van der Waals surface area contributed by atoms with Gasteiger partial charge >= 0.3 is 0 Å². The van der Waals surface area contributed by atoms with Crippen molar-refractivity contribution in [3.05, 3.63) is 64.2 Å². The number of hydrogen-bond donors (Lipinski definition) is 1. The van der Waals surface area contributed by atoms with E-state index >= 15 is 0 Å². The van der Waals surface area contributed by atoms with Crippen LogP contribution in [0.25, 0.3) is 0 Å². The van der Waals surface area contributed by atoms with Gasteiger partial charge in [-0.15, -0.1) is 0 Å². The summed E-state index contributed by atoms with van der Waals surface area (Å²) in [6.07, 6.45) is -0.236. The first-order valence-electron chi connectivity index (χ1n) is 8.67. The molecule has 3 atom stereocenters. The van der Waals surface area contributed by atoms with Crippen LogP contribution >= 0.6 is 0 Å². The maximum absolute atomic E-state index is 12.5. The summed E-state index contributed by atoms with van der Waals surface area (Å²) < 4.78 is 17.1. The van der Waals surface area contributed by atoms with E-state index in [1.54, 1.807) is 21.1 Å². The van der Waals surface area contributed by atoms with Crippen LogP contribution in [0, 0.1) is 0 Å². The molecule has 136 valence electrons. The zero-order valence-electron chi connectivity index (χ0n) is 15.1. The van der Waals surface area contributed by atoms with Crippen LogP contribution in [0.15, 0.2) is 36.4 Å². The van der Waals surface area contributed by atoms with E-state index in [0.717, 1.165) is 28.0 Å². The van der Waals surface area contributed by atoms with Gasteiger partial charge in [-0.2, -0.15) is 0 Å². The molecule has 0 radical (unpaired) electrons. The topological polar surface area (TPSA) is 65.0 Å².